The smallest absolute Gasteiger partial charge is 0.216 e. The molecule has 5 nitrogen and oxygen atoms in total. The summed E-state index contributed by atoms with van der Waals surface area (Å²) < 4.78 is 7.85. The van der Waals surface area contributed by atoms with E-state index in [4.69, 9.17) is 10.5 Å². The van der Waals surface area contributed by atoms with Crippen LogP contribution in [-0.2, 0) is 6.42 Å². The van der Waals surface area contributed by atoms with Gasteiger partial charge in [0.25, 0.3) is 0 Å². The topological polar surface area (TPSA) is 65.4 Å². The van der Waals surface area contributed by atoms with Crippen molar-refractivity contribution >= 4 is 16.3 Å². The van der Waals surface area contributed by atoms with E-state index in [1.807, 2.05) is 13.0 Å². The van der Waals surface area contributed by atoms with Crippen LogP contribution in [-0.4, -0.2) is 27.7 Å². The van der Waals surface area contributed by atoms with Gasteiger partial charge in [0, 0.05) is 17.4 Å². The lowest BCUT2D eigenvalue weighted by Crippen LogP contribution is -2.07. The number of aromatic nitrogens is 3. The van der Waals surface area contributed by atoms with Gasteiger partial charge in [-0.1, -0.05) is 11.6 Å². The molecule has 2 aromatic heterocycles. The highest BCUT2D eigenvalue weighted by molar-refractivity contribution is 7.15. The third-order valence-corrected chi connectivity index (χ3v) is 4.11. The predicted octanol–water partition coefficient (Wildman–Crippen LogP) is 2.67. The lowest BCUT2D eigenvalue weighted by Gasteiger charge is -2.11. The van der Waals surface area contributed by atoms with Crippen molar-refractivity contribution in [3.05, 3.63) is 35.0 Å². The molecule has 0 aliphatic heterocycles. The van der Waals surface area contributed by atoms with Crippen LogP contribution in [0.4, 0.5) is 0 Å². The molecule has 2 N–H and O–H groups in total. The molecule has 0 atom stereocenters. The van der Waals surface area contributed by atoms with Crippen molar-refractivity contribution in [2.24, 2.45) is 5.73 Å². The molecule has 0 radical (unpaired) electrons. The first-order valence-electron chi connectivity index (χ1n) is 7.00. The number of nitrogens with two attached hydrogens (primary N) is 1. The first kappa shape index (κ1) is 14.0. The summed E-state index contributed by atoms with van der Waals surface area (Å²) in [7, 11) is 0. The SMILES string of the molecule is CCOc1ccc(C)cc1-c1csc2nnc(CCN)n12. The van der Waals surface area contributed by atoms with Gasteiger partial charge in [0.15, 0.2) is 0 Å². The summed E-state index contributed by atoms with van der Waals surface area (Å²) in [6.45, 7) is 5.27. The van der Waals surface area contributed by atoms with E-state index < -0.39 is 0 Å². The van der Waals surface area contributed by atoms with E-state index in [0.717, 1.165) is 27.8 Å². The van der Waals surface area contributed by atoms with Gasteiger partial charge in [-0.05, 0) is 32.5 Å². The van der Waals surface area contributed by atoms with Gasteiger partial charge in [0.1, 0.15) is 11.6 Å². The van der Waals surface area contributed by atoms with Crippen LogP contribution in [0.5, 0.6) is 5.75 Å². The summed E-state index contributed by atoms with van der Waals surface area (Å²) in [5.74, 6) is 1.78. The molecular formula is C15H18N4OS. The van der Waals surface area contributed by atoms with Crippen LogP contribution < -0.4 is 10.5 Å². The van der Waals surface area contributed by atoms with E-state index in [0.29, 0.717) is 19.6 Å². The molecule has 0 saturated heterocycles. The Kier molecular flexibility index (Phi) is 3.90. The summed E-state index contributed by atoms with van der Waals surface area (Å²) in [4.78, 5) is 0.886. The monoisotopic (exact) mass is 302 g/mol. The number of thiazole rings is 1. The highest BCUT2D eigenvalue weighted by Gasteiger charge is 2.16. The van der Waals surface area contributed by atoms with Crippen molar-refractivity contribution in [3.63, 3.8) is 0 Å². The number of ether oxygens (including phenoxy) is 1. The zero-order valence-electron chi connectivity index (χ0n) is 12.2. The Bertz CT molecular complexity index is 762. The Morgan fingerprint density at radius 2 is 2.19 bits per heavy atom. The van der Waals surface area contributed by atoms with E-state index in [2.05, 4.69) is 39.0 Å². The quantitative estimate of drug-likeness (QED) is 0.787. The van der Waals surface area contributed by atoms with Crippen molar-refractivity contribution in [2.45, 2.75) is 20.3 Å². The molecule has 0 saturated carbocycles. The van der Waals surface area contributed by atoms with Gasteiger partial charge in [0.2, 0.25) is 4.96 Å². The summed E-state index contributed by atoms with van der Waals surface area (Å²) in [5.41, 5.74) is 9.00. The average Bonchev–Trinajstić information content (AvgIpc) is 3.05. The van der Waals surface area contributed by atoms with Crippen LogP contribution in [0.25, 0.3) is 16.2 Å². The minimum absolute atomic E-state index is 0.558. The van der Waals surface area contributed by atoms with E-state index in [1.165, 1.54) is 5.56 Å². The molecule has 0 aliphatic carbocycles. The second-order valence-corrected chi connectivity index (χ2v) is 5.66. The second kappa shape index (κ2) is 5.83. The summed E-state index contributed by atoms with van der Waals surface area (Å²) in [5, 5.41) is 10.5. The molecule has 0 fully saturated rings. The van der Waals surface area contributed by atoms with E-state index in [1.54, 1.807) is 11.3 Å². The first-order chi connectivity index (χ1) is 10.2. The fourth-order valence-corrected chi connectivity index (χ4v) is 3.23. The number of rotatable bonds is 5. The fraction of sp³-hybridized carbons (Fsp3) is 0.333. The Morgan fingerprint density at radius 1 is 1.33 bits per heavy atom. The normalized spacial score (nSPS) is 11.2. The van der Waals surface area contributed by atoms with Crippen LogP contribution in [0.15, 0.2) is 23.6 Å². The first-order valence-corrected chi connectivity index (χ1v) is 7.88. The standard InChI is InChI=1S/C15H18N4OS/c1-3-20-13-5-4-10(2)8-11(13)12-9-21-15-18-17-14(6-7-16)19(12)15/h4-5,8-9H,3,6-7,16H2,1-2H3. The number of hydrogen-bond acceptors (Lipinski definition) is 5. The van der Waals surface area contributed by atoms with Gasteiger partial charge in [-0.15, -0.1) is 21.5 Å². The van der Waals surface area contributed by atoms with Gasteiger partial charge >= 0.3 is 0 Å². The van der Waals surface area contributed by atoms with Gasteiger partial charge in [-0.2, -0.15) is 0 Å². The number of hydrogen-bond donors (Lipinski definition) is 1. The number of aryl methyl sites for hydroxylation is 1. The summed E-state index contributed by atoms with van der Waals surface area (Å²) in [6.07, 6.45) is 0.709. The Hall–Kier alpha value is -1.92. The van der Waals surface area contributed by atoms with Crippen LogP contribution in [0, 0.1) is 6.92 Å². The van der Waals surface area contributed by atoms with Crippen molar-refractivity contribution in [3.8, 4) is 17.0 Å². The summed E-state index contributed by atoms with van der Waals surface area (Å²) >= 11 is 1.58. The molecule has 6 heteroatoms. The molecule has 0 unspecified atom stereocenters. The molecule has 110 valence electrons. The number of benzene rings is 1. The Balaban J connectivity index is 2.20. The van der Waals surface area contributed by atoms with Crippen molar-refractivity contribution in [1.29, 1.82) is 0 Å². The second-order valence-electron chi connectivity index (χ2n) is 4.83. The molecule has 1 aromatic carbocycles. The van der Waals surface area contributed by atoms with Gasteiger partial charge in [-0.25, -0.2) is 0 Å². The fourth-order valence-electron chi connectivity index (χ4n) is 2.38. The van der Waals surface area contributed by atoms with E-state index in [9.17, 15) is 0 Å². The lowest BCUT2D eigenvalue weighted by atomic mass is 10.1. The van der Waals surface area contributed by atoms with Gasteiger partial charge < -0.3 is 10.5 Å². The number of nitrogens with zero attached hydrogens (tertiary/aromatic N) is 3. The maximum absolute atomic E-state index is 5.77. The molecule has 0 bridgehead atoms. The van der Waals surface area contributed by atoms with Gasteiger partial charge in [0.05, 0.1) is 12.3 Å². The highest BCUT2D eigenvalue weighted by Crippen LogP contribution is 2.34. The molecule has 0 amide bonds. The molecule has 0 aliphatic rings. The van der Waals surface area contributed by atoms with Crippen molar-refractivity contribution in [2.75, 3.05) is 13.2 Å². The zero-order valence-corrected chi connectivity index (χ0v) is 13.0. The van der Waals surface area contributed by atoms with Crippen molar-refractivity contribution < 1.29 is 4.74 Å². The van der Waals surface area contributed by atoms with E-state index in [-0.39, 0.29) is 0 Å². The van der Waals surface area contributed by atoms with Crippen LogP contribution in [0.1, 0.15) is 18.3 Å². The largest absolute Gasteiger partial charge is 0.493 e. The third kappa shape index (κ3) is 2.52. The van der Waals surface area contributed by atoms with Gasteiger partial charge in [-0.3, -0.25) is 4.40 Å². The third-order valence-electron chi connectivity index (χ3n) is 3.30. The Labute approximate surface area is 127 Å². The van der Waals surface area contributed by atoms with Crippen LogP contribution >= 0.6 is 11.3 Å². The molecule has 21 heavy (non-hydrogen) atoms. The van der Waals surface area contributed by atoms with Crippen LogP contribution in [0.2, 0.25) is 0 Å². The average molecular weight is 302 g/mol. The molecule has 2 heterocycles. The maximum atomic E-state index is 5.77. The van der Waals surface area contributed by atoms with E-state index >= 15 is 0 Å². The summed E-state index contributed by atoms with van der Waals surface area (Å²) in [6, 6.07) is 6.22. The molecule has 3 rings (SSSR count). The maximum Gasteiger partial charge on any atom is 0.216 e. The predicted molar refractivity (Wildman–Crippen MR) is 85.0 cm³/mol. The highest BCUT2D eigenvalue weighted by atomic mass is 32.1. The molecule has 0 spiro atoms. The molecule has 3 aromatic rings. The zero-order chi connectivity index (χ0) is 14.8. The van der Waals surface area contributed by atoms with Crippen molar-refractivity contribution in [1.82, 2.24) is 14.6 Å². The molecular weight excluding hydrogens is 284 g/mol. The lowest BCUT2D eigenvalue weighted by molar-refractivity contribution is 0.341. The minimum Gasteiger partial charge on any atom is -0.493 e. The number of fused-ring (bicyclic) bond motifs is 1. The minimum atomic E-state index is 0.558. The van der Waals surface area contributed by atoms with Crippen LogP contribution in [0.3, 0.4) is 0 Å². The Morgan fingerprint density at radius 3 is 2.95 bits per heavy atom.